The lowest BCUT2D eigenvalue weighted by Gasteiger charge is -2.06. The molecule has 122 valence electrons. The highest BCUT2D eigenvalue weighted by Crippen LogP contribution is 2.14. The molecule has 0 saturated heterocycles. The number of carboxylic acid groups (broad SMARTS) is 1. The van der Waals surface area contributed by atoms with E-state index in [1.165, 1.54) is 10.9 Å². The normalized spacial score (nSPS) is 10.3. The summed E-state index contributed by atoms with van der Waals surface area (Å²) in [7, 11) is 0. The zero-order valence-corrected chi connectivity index (χ0v) is 12.9. The molecule has 0 aliphatic rings. The van der Waals surface area contributed by atoms with E-state index in [1.807, 2.05) is 0 Å². The van der Waals surface area contributed by atoms with Crippen LogP contribution in [0.15, 0.2) is 36.5 Å². The van der Waals surface area contributed by atoms with Gasteiger partial charge in [0.2, 0.25) is 0 Å². The number of aromatic nitrogens is 2. The number of ether oxygens (including phenoxy) is 1. The summed E-state index contributed by atoms with van der Waals surface area (Å²) in [5.41, 5.74) is 0.473. The van der Waals surface area contributed by atoms with Crippen LogP contribution >= 0.6 is 0 Å². The Morgan fingerprint density at radius 2 is 2.00 bits per heavy atom. The van der Waals surface area contributed by atoms with E-state index in [1.54, 1.807) is 30.3 Å². The zero-order valence-electron chi connectivity index (χ0n) is 12.9. The van der Waals surface area contributed by atoms with E-state index in [2.05, 4.69) is 17.3 Å². The van der Waals surface area contributed by atoms with Crippen molar-refractivity contribution in [1.29, 1.82) is 0 Å². The Kier molecular flexibility index (Phi) is 5.74. The Hall–Kier alpha value is -2.83. The number of hydrogen-bond acceptors (Lipinski definition) is 4. The van der Waals surface area contributed by atoms with Gasteiger partial charge in [-0.3, -0.25) is 14.3 Å². The molecule has 0 aliphatic heterocycles. The molecule has 7 heteroatoms. The van der Waals surface area contributed by atoms with Crippen molar-refractivity contribution >= 4 is 17.7 Å². The minimum absolute atomic E-state index is 0.250. The number of unbranched alkanes of at least 4 members (excludes halogenated alkanes) is 1. The molecule has 0 atom stereocenters. The summed E-state index contributed by atoms with van der Waals surface area (Å²) in [5.74, 6) is -0.282. The number of nitrogens with one attached hydrogen (secondary N) is 1. The fourth-order valence-corrected chi connectivity index (χ4v) is 1.88. The lowest BCUT2D eigenvalue weighted by molar-refractivity contribution is -0.137. The van der Waals surface area contributed by atoms with Gasteiger partial charge in [0.05, 0.1) is 6.61 Å². The Labute approximate surface area is 133 Å². The maximum Gasteiger partial charge on any atom is 0.325 e. The molecule has 0 fully saturated rings. The van der Waals surface area contributed by atoms with E-state index in [9.17, 15) is 9.59 Å². The highest BCUT2D eigenvalue weighted by Gasteiger charge is 2.09. The maximum atomic E-state index is 12.1. The molecule has 0 bridgehead atoms. The molecule has 2 rings (SSSR count). The van der Waals surface area contributed by atoms with Crippen molar-refractivity contribution in [3.8, 4) is 5.75 Å². The molecule has 1 amide bonds. The highest BCUT2D eigenvalue weighted by molar-refractivity contribution is 6.03. The molecule has 1 aromatic heterocycles. The Morgan fingerprint density at radius 3 is 2.65 bits per heavy atom. The van der Waals surface area contributed by atoms with Crippen molar-refractivity contribution in [1.82, 2.24) is 9.78 Å². The average molecular weight is 317 g/mol. The van der Waals surface area contributed by atoms with Crippen molar-refractivity contribution in [2.45, 2.75) is 26.3 Å². The predicted octanol–water partition coefficient (Wildman–Crippen LogP) is 2.40. The molecule has 1 heterocycles. The van der Waals surface area contributed by atoms with Gasteiger partial charge in [-0.05, 0) is 30.7 Å². The van der Waals surface area contributed by atoms with Gasteiger partial charge in [0.25, 0.3) is 5.91 Å². The minimum atomic E-state index is -0.996. The summed E-state index contributed by atoms with van der Waals surface area (Å²) in [6, 6.07) is 8.37. The van der Waals surface area contributed by atoms with Crippen LogP contribution in [0, 0.1) is 0 Å². The largest absolute Gasteiger partial charge is 0.494 e. The first-order chi connectivity index (χ1) is 11.1. The second-order valence-electron chi connectivity index (χ2n) is 4.97. The predicted molar refractivity (Wildman–Crippen MR) is 84.7 cm³/mol. The highest BCUT2D eigenvalue weighted by atomic mass is 16.5. The Morgan fingerprint density at radius 1 is 1.26 bits per heavy atom. The SMILES string of the molecule is CCCCOc1ccc(C(=O)Nc2ccn(CC(=O)O)n2)cc1. The number of carbonyl (C=O) groups is 2. The molecular weight excluding hydrogens is 298 g/mol. The number of benzene rings is 1. The third-order valence-corrected chi connectivity index (χ3v) is 3.06. The van der Waals surface area contributed by atoms with Crippen molar-refractivity contribution in [2.24, 2.45) is 0 Å². The van der Waals surface area contributed by atoms with E-state index in [0.29, 0.717) is 18.0 Å². The van der Waals surface area contributed by atoms with Gasteiger partial charge in [-0.2, -0.15) is 5.10 Å². The van der Waals surface area contributed by atoms with Gasteiger partial charge < -0.3 is 15.2 Å². The van der Waals surface area contributed by atoms with Crippen LogP contribution in [0.3, 0.4) is 0 Å². The minimum Gasteiger partial charge on any atom is -0.494 e. The third-order valence-electron chi connectivity index (χ3n) is 3.06. The first kappa shape index (κ1) is 16.5. The number of rotatable bonds is 8. The lowest BCUT2D eigenvalue weighted by Crippen LogP contribution is -2.14. The second kappa shape index (κ2) is 7.98. The number of carbonyl (C=O) groups excluding carboxylic acids is 1. The van der Waals surface area contributed by atoms with Gasteiger partial charge in [-0.1, -0.05) is 13.3 Å². The quantitative estimate of drug-likeness (QED) is 0.729. The molecule has 7 nitrogen and oxygen atoms in total. The van der Waals surface area contributed by atoms with Crippen molar-refractivity contribution in [3.63, 3.8) is 0 Å². The molecular formula is C16H19N3O4. The fraction of sp³-hybridized carbons (Fsp3) is 0.312. The molecule has 1 aromatic carbocycles. The average Bonchev–Trinajstić information content (AvgIpc) is 2.94. The number of nitrogens with zero attached hydrogens (tertiary/aromatic N) is 2. The van der Waals surface area contributed by atoms with Gasteiger partial charge in [0, 0.05) is 17.8 Å². The Bertz CT molecular complexity index is 664. The molecule has 2 N–H and O–H groups in total. The van der Waals surface area contributed by atoms with E-state index >= 15 is 0 Å². The number of aliphatic carboxylic acids is 1. The standard InChI is InChI=1S/C16H19N3O4/c1-2-3-10-23-13-6-4-12(5-7-13)16(22)17-14-8-9-19(18-14)11-15(20)21/h4-9H,2-3,10-11H2,1H3,(H,20,21)(H,17,18,22). The molecule has 2 aromatic rings. The van der Waals surface area contributed by atoms with Crippen molar-refractivity contribution < 1.29 is 19.4 Å². The second-order valence-corrected chi connectivity index (χ2v) is 4.97. The molecule has 0 aliphatic carbocycles. The van der Waals surface area contributed by atoms with E-state index in [4.69, 9.17) is 9.84 Å². The van der Waals surface area contributed by atoms with Crippen molar-refractivity contribution in [2.75, 3.05) is 11.9 Å². The first-order valence-corrected chi connectivity index (χ1v) is 7.38. The van der Waals surface area contributed by atoms with Gasteiger partial charge in [-0.25, -0.2) is 0 Å². The summed E-state index contributed by atoms with van der Waals surface area (Å²) in [6.07, 6.45) is 3.55. The number of anilines is 1. The smallest absolute Gasteiger partial charge is 0.325 e. The summed E-state index contributed by atoms with van der Waals surface area (Å²) >= 11 is 0. The maximum absolute atomic E-state index is 12.1. The van der Waals surface area contributed by atoms with E-state index in [-0.39, 0.29) is 12.5 Å². The van der Waals surface area contributed by atoms with E-state index < -0.39 is 5.97 Å². The van der Waals surface area contributed by atoms with Crippen LogP contribution in [0.1, 0.15) is 30.1 Å². The summed E-state index contributed by atoms with van der Waals surface area (Å²) in [6.45, 7) is 2.50. The number of amides is 1. The van der Waals surface area contributed by atoms with Crippen LogP contribution < -0.4 is 10.1 Å². The third kappa shape index (κ3) is 5.14. The first-order valence-electron chi connectivity index (χ1n) is 7.38. The van der Waals surface area contributed by atoms with Gasteiger partial charge in [-0.15, -0.1) is 0 Å². The van der Waals surface area contributed by atoms with Gasteiger partial charge in [0.1, 0.15) is 12.3 Å². The summed E-state index contributed by atoms with van der Waals surface area (Å²) in [4.78, 5) is 22.7. The molecule has 0 unspecified atom stereocenters. The number of hydrogen-bond donors (Lipinski definition) is 2. The van der Waals surface area contributed by atoms with Crippen LogP contribution in [-0.2, 0) is 11.3 Å². The number of carboxylic acids is 1. The molecule has 0 saturated carbocycles. The fourth-order valence-electron chi connectivity index (χ4n) is 1.88. The van der Waals surface area contributed by atoms with Gasteiger partial charge in [0.15, 0.2) is 5.82 Å². The van der Waals surface area contributed by atoms with Crippen LogP contribution in [-0.4, -0.2) is 33.4 Å². The van der Waals surface area contributed by atoms with Crippen LogP contribution in [0.5, 0.6) is 5.75 Å². The van der Waals surface area contributed by atoms with Crippen LogP contribution in [0.2, 0.25) is 0 Å². The molecule has 0 spiro atoms. The Balaban J connectivity index is 1.92. The topological polar surface area (TPSA) is 93.5 Å². The van der Waals surface area contributed by atoms with E-state index in [0.717, 1.165) is 18.6 Å². The van der Waals surface area contributed by atoms with Gasteiger partial charge >= 0.3 is 5.97 Å². The zero-order chi connectivity index (χ0) is 16.7. The van der Waals surface area contributed by atoms with Crippen molar-refractivity contribution in [3.05, 3.63) is 42.1 Å². The monoisotopic (exact) mass is 317 g/mol. The lowest BCUT2D eigenvalue weighted by atomic mass is 10.2. The molecule has 0 radical (unpaired) electrons. The van der Waals surface area contributed by atoms with Crippen LogP contribution in [0.25, 0.3) is 0 Å². The summed E-state index contributed by atoms with van der Waals surface area (Å²) < 4.78 is 6.78. The summed E-state index contributed by atoms with van der Waals surface area (Å²) in [5, 5.41) is 15.3. The molecule has 23 heavy (non-hydrogen) atoms. The van der Waals surface area contributed by atoms with Crippen LogP contribution in [0.4, 0.5) is 5.82 Å².